The first-order valence-electron chi connectivity index (χ1n) is 8.44. The summed E-state index contributed by atoms with van der Waals surface area (Å²) in [4.78, 5) is 16.6. The van der Waals surface area contributed by atoms with E-state index < -0.39 is 10.0 Å². The molecule has 2 aliphatic rings. The number of rotatable bonds is 6. The molecule has 0 aromatic heterocycles. The minimum Gasteiger partial charge on any atom is -0.339 e. The van der Waals surface area contributed by atoms with Crippen LogP contribution in [0, 0.1) is 0 Å². The molecule has 6 nitrogen and oxygen atoms in total. The van der Waals surface area contributed by atoms with E-state index in [-0.39, 0.29) is 18.5 Å². The van der Waals surface area contributed by atoms with Crippen LogP contribution >= 0.6 is 0 Å². The molecule has 3 rings (SSSR count). The van der Waals surface area contributed by atoms with Gasteiger partial charge in [0.15, 0.2) is 0 Å². The van der Waals surface area contributed by atoms with Crippen molar-refractivity contribution in [3.8, 4) is 0 Å². The van der Waals surface area contributed by atoms with E-state index in [1.165, 1.54) is 16.1 Å². The van der Waals surface area contributed by atoms with E-state index in [9.17, 15) is 13.2 Å². The minimum absolute atomic E-state index is 0.0117. The summed E-state index contributed by atoms with van der Waals surface area (Å²) < 4.78 is 25.0. The summed E-state index contributed by atoms with van der Waals surface area (Å²) in [5, 5.41) is 0. The Morgan fingerprint density at radius 3 is 2.29 bits per heavy atom. The summed E-state index contributed by atoms with van der Waals surface area (Å²) in [7, 11) is -3.31. The predicted molar refractivity (Wildman–Crippen MR) is 92.9 cm³/mol. The molecule has 0 atom stereocenters. The maximum atomic E-state index is 12.5. The molecule has 132 valence electrons. The number of sulfonamides is 1. The number of benzene rings is 1. The zero-order valence-corrected chi connectivity index (χ0v) is 14.9. The van der Waals surface area contributed by atoms with Crippen LogP contribution in [0.1, 0.15) is 18.4 Å². The molecule has 1 aliphatic carbocycles. The molecular weight excluding hydrogens is 326 g/mol. The Balaban J connectivity index is 1.50. The summed E-state index contributed by atoms with van der Waals surface area (Å²) >= 11 is 0. The fraction of sp³-hybridized carbons (Fsp3) is 0.588. The smallest absolute Gasteiger partial charge is 0.237 e. The van der Waals surface area contributed by atoms with Gasteiger partial charge in [-0.3, -0.25) is 9.69 Å². The maximum Gasteiger partial charge on any atom is 0.237 e. The lowest BCUT2D eigenvalue weighted by Crippen LogP contribution is -2.51. The van der Waals surface area contributed by atoms with Crippen LogP contribution in [-0.2, 0) is 21.4 Å². The summed E-state index contributed by atoms with van der Waals surface area (Å²) in [6, 6.07) is 10.3. The SMILES string of the molecule is CS(=O)(=O)N(CC(=O)N1CCN(Cc2ccccc2)CC1)C1CC1. The highest BCUT2D eigenvalue weighted by molar-refractivity contribution is 7.88. The van der Waals surface area contributed by atoms with E-state index in [1.54, 1.807) is 4.90 Å². The maximum absolute atomic E-state index is 12.5. The fourth-order valence-corrected chi connectivity index (χ4v) is 4.21. The Morgan fingerprint density at radius 1 is 1.12 bits per heavy atom. The van der Waals surface area contributed by atoms with Gasteiger partial charge in [0, 0.05) is 38.8 Å². The van der Waals surface area contributed by atoms with Crippen LogP contribution in [0.25, 0.3) is 0 Å². The van der Waals surface area contributed by atoms with Crippen LogP contribution in [0.3, 0.4) is 0 Å². The second-order valence-electron chi connectivity index (χ2n) is 6.68. The Morgan fingerprint density at radius 2 is 1.75 bits per heavy atom. The summed E-state index contributed by atoms with van der Waals surface area (Å²) in [5.74, 6) is -0.0771. The van der Waals surface area contributed by atoms with Crippen LogP contribution in [0.4, 0.5) is 0 Å². The van der Waals surface area contributed by atoms with Crippen molar-refractivity contribution in [3.63, 3.8) is 0 Å². The van der Waals surface area contributed by atoms with Gasteiger partial charge in [0.25, 0.3) is 0 Å². The van der Waals surface area contributed by atoms with Crippen molar-refractivity contribution < 1.29 is 13.2 Å². The van der Waals surface area contributed by atoms with E-state index in [0.717, 1.165) is 32.5 Å². The molecule has 2 fully saturated rings. The number of nitrogens with zero attached hydrogens (tertiary/aromatic N) is 3. The van der Waals surface area contributed by atoms with E-state index in [2.05, 4.69) is 17.0 Å². The molecule has 0 radical (unpaired) electrons. The van der Waals surface area contributed by atoms with Crippen molar-refractivity contribution in [2.24, 2.45) is 0 Å². The van der Waals surface area contributed by atoms with Gasteiger partial charge < -0.3 is 4.90 Å². The molecule has 1 aromatic rings. The van der Waals surface area contributed by atoms with Crippen molar-refractivity contribution in [1.82, 2.24) is 14.1 Å². The van der Waals surface area contributed by atoms with E-state index in [0.29, 0.717) is 13.1 Å². The highest BCUT2D eigenvalue weighted by atomic mass is 32.2. The van der Waals surface area contributed by atoms with Crippen molar-refractivity contribution in [2.45, 2.75) is 25.4 Å². The zero-order chi connectivity index (χ0) is 17.2. The molecule has 1 saturated heterocycles. The third-order valence-corrected chi connectivity index (χ3v) is 5.92. The Kier molecular flexibility index (Phi) is 5.22. The van der Waals surface area contributed by atoms with Gasteiger partial charge in [-0.05, 0) is 18.4 Å². The van der Waals surface area contributed by atoms with E-state index in [1.807, 2.05) is 18.2 Å². The first kappa shape index (κ1) is 17.4. The van der Waals surface area contributed by atoms with Crippen molar-refractivity contribution in [1.29, 1.82) is 0 Å². The number of carbonyl (C=O) groups excluding carboxylic acids is 1. The molecule has 0 bridgehead atoms. The number of hydrogen-bond donors (Lipinski definition) is 0. The van der Waals surface area contributed by atoms with Gasteiger partial charge in [-0.2, -0.15) is 4.31 Å². The lowest BCUT2D eigenvalue weighted by Gasteiger charge is -2.35. The van der Waals surface area contributed by atoms with Crippen LogP contribution < -0.4 is 0 Å². The monoisotopic (exact) mass is 351 g/mol. The topological polar surface area (TPSA) is 60.9 Å². The number of carbonyl (C=O) groups is 1. The molecular formula is C17H25N3O3S. The molecule has 24 heavy (non-hydrogen) atoms. The van der Waals surface area contributed by atoms with E-state index in [4.69, 9.17) is 0 Å². The largest absolute Gasteiger partial charge is 0.339 e. The molecule has 0 N–H and O–H groups in total. The van der Waals surface area contributed by atoms with Crippen molar-refractivity contribution in [3.05, 3.63) is 35.9 Å². The number of piperazine rings is 1. The molecule has 1 aromatic carbocycles. The molecule has 7 heteroatoms. The van der Waals surface area contributed by atoms with Crippen LogP contribution in [0.15, 0.2) is 30.3 Å². The summed E-state index contributed by atoms with van der Waals surface area (Å²) in [5.41, 5.74) is 1.27. The fourth-order valence-electron chi connectivity index (χ4n) is 3.11. The third-order valence-electron chi connectivity index (χ3n) is 4.65. The Bertz CT molecular complexity index is 666. The number of hydrogen-bond acceptors (Lipinski definition) is 4. The van der Waals surface area contributed by atoms with Crippen LogP contribution in [-0.4, -0.2) is 73.5 Å². The summed E-state index contributed by atoms with van der Waals surface area (Å²) in [6.45, 7) is 3.84. The number of amides is 1. The average Bonchev–Trinajstić information content (AvgIpc) is 3.37. The quantitative estimate of drug-likeness (QED) is 0.759. The standard InChI is InChI=1S/C17H25N3O3S/c1-24(22,23)20(16-7-8-16)14-17(21)19-11-9-18(10-12-19)13-15-5-3-2-4-6-15/h2-6,16H,7-14H2,1H3. The van der Waals surface area contributed by atoms with Crippen molar-refractivity contribution >= 4 is 15.9 Å². The van der Waals surface area contributed by atoms with E-state index >= 15 is 0 Å². The molecule has 0 spiro atoms. The lowest BCUT2D eigenvalue weighted by atomic mass is 10.2. The summed E-state index contributed by atoms with van der Waals surface area (Å²) in [6.07, 6.45) is 2.92. The highest BCUT2D eigenvalue weighted by Crippen LogP contribution is 2.28. The predicted octanol–water partition coefficient (Wildman–Crippen LogP) is 0.755. The first-order chi connectivity index (χ1) is 11.4. The molecule has 0 unspecified atom stereocenters. The van der Waals surface area contributed by atoms with Gasteiger partial charge in [0.05, 0.1) is 12.8 Å². The van der Waals surface area contributed by atoms with Crippen molar-refractivity contribution in [2.75, 3.05) is 39.0 Å². The molecule has 1 heterocycles. The average molecular weight is 351 g/mol. The molecule has 1 amide bonds. The van der Waals surface area contributed by atoms with Gasteiger partial charge in [-0.1, -0.05) is 30.3 Å². The van der Waals surface area contributed by atoms with Crippen LogP contribution in [0.5, 0.6) is 0 Å². The Hall–Kier alpha value is -1.44. The van der Waals surface area contributed by atoms with Gasteiger partial charge in [0.1, 0.15) is 0 Å². The molecule has 1 aliphatic heterocycles. The second-order valence-corrected chi connectivity index (χ2v) is 8.62. The first-order valence-corrected chi connectivity index (χ1v) is 10.3. The van der Waals surface area contributed by atoms with Crippen LogP contribution in [0.2, 0.25) is 0 Å². The minimum atomic E-state index is -3.31. The molecule has 1 saturated carbocycles. The highest BCUT2D eigenvalue weighted by Gasteiger charge is 2.37. The lowest BCUT2D eigenvalue weighted by molar-refractivity contribution is -0.133. The normalized spacial score (nSPS) is 19.7. The van der Waals surface area contributed by atoms with Gasteiger partial charge in [-0.15, -0.1) is 0 Å². The van der Waals surface area contributed by atoms with Gasteiger partial charge in [0.2, 0.25) is 15.9 Å². The van der Waals surface area contributed by atoms with Gasteiger partial charge >= 0.3 is 0 Å². The Labute approximate surface area is 144 Å². The second kappa shape index (κ2) is 7.21. The van der Waals surface area contributed by atoms with Gasteiger partial charge in [-0.25, -0.2) is 8.42 Å². The zero-order valence-electron chi connectivity index (χ0n) is 14.1. The third kappa shape index (κ3) is 4.55.